The lowest BCUT2D eigenvalue weighted by Crippen LogP contribution is -2.00. The summed E-state index contributed by atoms with van der Waals surface area (Å²) in [7, 11) is 0. The maximum absolute atomic E-state index is 10.6. The molecule has 0 spiro atoms. The molecule has 0 aromatic heterocycles. The lowest BCUT2D eigenvalue weighted by Gasteiger charge is -2.12. The fourth-order valence-electron chi connectivity index (χ4n) is 1.64. The van der Waals surface area contributed by atoms with Gasteiger partial charge in [-0.05, 0) is 43.5 Å². The number of carbonyl (C=O) groups is 1. The second kappa shape index (κ2) is 7.79. The first-order valence-electron chi connectivity index (χ1n) is 5.99. The third-order valence-corrected chi connectivity index (χ3v) is 2.93. The summed E-state index contributed by atoms with van der Waals surface area (Å²) in [5.74, 6) is -0.250. The fraction of sp³-hybridized carbons (Fsp3) is 0.267. The second-order valence-electron chi connectivity index (χ2n) is 4.09. The second-order valence-corrected chi connectivity index (χ2v) is 5.01. The summed E-state index contributed by atoms with van der Waals surface area (Å²) in [4.78, 5) is 10.6. The minimum absolute atomic E-state index is 0.586. The van der Waals surface area contributed by atoms with Crippen LogP contribution in [0.5, 0.6) is 5.75 Å². The number of halogens is 1. The molecule has 1 rings (SSSR count). The summed E-state index contributed by atoms with van der Waals surface area (Å²) in [5.41, 5.74) is 1.73. The zero-order valence-electron chi connectivity index (χ0n) is 10.9. The van der Waals surface area contributed by atoms with Gasteiger partial charge in [0.1, 0.15) is 5.75 Å². The molecule has 0 amide bonds. The number of rotatable bonds is 7. The highest BCUT2D eigenvalue weighted by molar-refractivity contribution is 9.10. The smallest absolute Gasteiger partial charge is 0.328 e. The van der Waals surface area contributed by atoms with E-state index in [1.165, 1.54) is 0 Å². The Kier molecular flexibility index (Phi) is 6.36. The zero-order valence-corrected chi connectivity index (χ0v) is 12.4. The molecule has 0 unspecified atom stereocenters. The zero-order chi connectivity index (χ0) is 14.3. The highest BCUT2D eigenvalue weighted by Crippen LogP contribution is 2.29. The number of allylic oxidation sites excluding steroid dienone is 1. The highest BCUT2D eigenvalue weighted by Gasteiger charge is 2.07. The molecule has 1 aromatic carbocycles. The van der Waals surface area contributed by atoms with E-state index in [1.807, 2.05) is 25.1 Å². The van der Waals surface area contributed by atoms with E-state index in [9.17, 15) is 4.79 Å². The van der Waals surface area contributed by atoms with Crippen LogP contribution in [0.25, 0.3) is 6.08 Å². The number of benzene rings is 1. The fourth-order valence-corrected chi connectivity index (χ4v) is 2.23. The van der Waals surface area contributed by atoms with Gasteiger partial charge in [0.25, 0.3) is 0 Å². The average Bonchev–Trinajstić information content (AvgIpc) is 2.34. The predicted octanol–water partition coefficient (Wildman–Crippen LogP) is 4.20. The number of hydrogen-bond acceptors (Lipinski definition) is 2. The molecule has 102 valence electrons. The normalized spacial score (nSPS) is 10.6. The largest absolute Gasteiger partial charge is 0.493 e. The van der Waals surface area contributed by atoms with Gasteiger partial charge in [0.2, 0.25) is 0 Å². The Morgan fingerprint density at radius 3 is 2.89 bits per heavy atom. The van der Waals surface area contributed by atoms with E-state index in [4.69, 9.17) is 9.84 Å². The monoisotopic (exact) mass is 324 g/mol. The number of unbranched alkanes of at least 4 members (excludes halogenated alkanes) is 1. The van der Waals surface area contributed by atoms with Gasteiger partial charge in [0.15, 0.2) is 0 Å². The topological polar surface area (TPSA) is 46.5 Å². The standard InChI is InChI=1S/C15H17BrO3/c1-3-4-5-8-19-15-11(2)9-13(16)10-12(15)6-7-14(17)18/h3,6-7,9-10H,1,4-5,8H2,2H3,(H,17,18)/b7-6+. The number of ether oxygens (including phenoxy) is 1. The number of aryl methyl sites for hydroxylation is 1. The molecule has 3 nitrogen and oxygen atoms in total. The summed E-state index contributed by atoms with van der Waals surface area (Å²) in [6, 6.07) is 3.79. The average molecular weight is 325 g/mol. The molecule has 0 bridgehead atoms. The Balaban J connectivity index is 2.92. The Morgan fingerprint density at radius 1 is 1.53 bits per heavy atom. The molecular weight excluding hydrogens is 308 g/mol. The molecule has 0 aliphatic rings. The number of carboxylic acids is 1. The van der Waals surface area contributed by atoms with E-state index in [0.717, 1.165) is 40.3 Å². The van der Waals surface area contributed by atoms with Crippen LogP contribution in [0.3, 0.4) is 0 Å². The van der Waals surface area contributed by atoms with Crippen molar-refractivity contribution in [3.63, 3.8) is 0 Å². The maximum Gasteiger partial charge on any atom is 0.328 e. The van der Waals surface area contributed by atoms with E-state index >= 15 is 0 Å². The van der Waals surface area contributed by atoms with Gasteiger partial charge < -0.3 is 9.84 Å². The van der Waals surface area contributed by atoms with Gasteiger partial charge >= 0.3 is 5.97 Å². The molecule has 0 heterocycles. The van der Waals surface area contributed by atoms with E-state index in [2.05, 4.69) is 22.5 Å². The maximum atomic E-state index is 10.6. The minimum Gasteiger partial charge on any atom is -0.493 e. The molecule has 0 aliphatic carbocycles. The Bertz CT molecular complexity index is 492. The number of hydrogen-bond donors (Lipinski definition) is 1. The van der Waals surface area contributed by atoms with Crippen LogP contribution < -0.4 is 4.74 Å². The summed E-state index contributed by atoms with van der Waals surface area (Å²) in [6.07, 6.45) is 6.29. The molecule has 1 N–H and O–H groups in total. The molecule has 0 radical (unpaired) electrons. The summed E-state index contributed by atoms with van der Waals surface area (Å²) in [5, 5.41) is 8.70. The molecule has 4 heteroatoms. The van der Waals surface area contributed by atoms with Crippen LogP contribution in [0, 0.1) is 6.92 Å². The molecule has 0 saturated heterocycles. The van der Waals surface area contributed by atoms with Gasteiger partial charge in [-0.1, -0.05) is 22.0 Å². The van der Waals surface area contributed by atoms with Crippen LogP contribution in [0.4, 0.5) is 0 Å². The summed E-state index contributed by atoms with van der Waals surface area (Å²) < 4.78 is 6.64. The van der Waals surface area contributed by atoms with Gasteiger partial charge in [-0.25, -0.2) is 4.79 Å². The highest BCUT2D eigenvalue weighted by atomic mass is 79.9. The molecule has 0 atom stereocenters. The van der Waals surface area contributed by atoms with Crippen LogP contribution in [-0.2, 0) is 4.79 Å². The quantitative estimate of drug-likeness (QED) is 0.464. The first-order valence-corrected chi connectivity index (χ1v) is 6.78. The van der Waals surface area contributed by atoms with Gasteiger partial charge in [-0.15, -0.1) is 6.58 Å². The lowest BCUT2D eigenvalue weighted by atomic mass is 10.1. The Labute approximate surface area is 121 Å². The van der Waals surface area contributed by atoms with Crippen molar-refractivity contribution < 1.29 is 14.6 Å². The van der Waals surface area contributed by atoms with Crippen LogP contribution in [-0.4, -0.2) is 17.7 Å². The summed E-state index contributed by atoms with van der Waals surface area (Å²) >= 11 is 3.40. The first-order chi connectivity index (χ1) is 9.04. The third-order valence-electron chi connectivity index (χ3n) is 2.47. The Hall–Kier alpha value is -1.55. The van der Waals surface area contributed by atoms with Crippen molar-refractivity contribution in [1.82, 2.24) is 0 Å². The van der Waals surface area contributed by atoms with Crippen molar-refractivity contribution in [2.45, 2.75) is 19.8 Å². The minimum atomic E-state index is -0.977. The van der Waals surface area contributed by atoms with E-state index in [-0.39, 0.29) is 0 Å². The van der Waals surface area contributed by atoms with Gasteiger partial charge in [0, 0.05) is 16.1 Å². The van der Waals surface area contributed by atoms with Crippen LogP contribution in [0.2, 0.25) is 0 Å². The van der Waals surface area contributed by atoms with E-state index in [1.54, 1.807) is 6.08 Å². The molecular formula is C15H17BrO3. The molecule has 1 aromatic rings. The van der Waals surface area contributed by atoms with Crippen LogP contribution in [0.15, 0.2) is 35.3 Å². The van der Waals surface area contributed by atoms with E-state index in [0.29, 0.717) is 6.61 Å². The molecule has 0 saturated carbocycles. The van der Waals surface area contributed by atoms with Crippen LogP contribution >= 0.6 is 15.9 Å². The predicted molar refractivity (Wildman–Crippen MR) is 80.5 cm³/mol. The van der Waals surface area contributed by atoms with Crippen molar-refractivity contribution in [2.24, 2.45) is 0 Å². The van der Waals surface area contributed by atoms with Crippen molar-refractivity contribution in [3.05, 3.63) is 46.5 Å². The summed E-state index contributed by atoms with van der Waals surface area (Å²) in [6.45, 7) is 6.18. The first kappa shape index (κ1) is 15.5. The van der Waals surface area contributed by atoms with Crippen molar-refractivity contribution in [1.29, 1.82) is 0 Å². The number of carboxylic acid groups (broad SMARTS) is 1. The van der Waals surface area contributed by atoms with E-state index < -0.39 is 5.97 Å². The lowest BCUT2D eigenvalue weighted by molar-refractivity contribution is -0.131. The Morgan fingerprint density at radius 2 is 2.26 bits per heavy atom. The van der Waals surface area contributed by atoms with Gasteiger partial charge in [0.05, 0.1) is 6.61 Å². The van der Waals surface area contributed by atoms with Crippen molar-refractivity contribution in [3.8, 4) is 5.75 Å². The van der Waals surface area contributed by atoms with Gasteiger partial charge in [-0.3, -0.25) is 0 Å². The van der Waals surface area contributed by atoms with Crippen LogP contribution in [0.1, 0.15) is 24.0 Å². The molecule has 0 aliphatic heterocycles. The third kappa shape index (κ3) is 5.30. The van der Waals surface area contributed by atoms with Crippen molar-refractivity contribution in [2.75, 3.05) is 6.61 Å². The van der Waals surface area contributed by atoms with Gasteiger partial charge in [-0.2, -0.15) is 0 Å². The molecule has 19 heavy (non-hydrogen) atoms. The molecule has 0 fully saturated rings. The SMILES string of the molecule is C=CCCCOc1c(C)cc(Br)cc1/C=C/C(=O)O. The van der Waals surface area contributed by atoms with Crippen molar-refractivity contribution >= 4 is 28.0 Å². The number of aliphatic carboxylic acids is 1.